The van der Waals surface area contributed by atoms with Crippen LogP contribution in [0.15, 0.2) is 12.7 Å². The maximum atomic E-state index is 8.33. The number of carbonyl (C=O) groups excluding carboxylic acids is 1. The molecule has 0 aromatic heterocycles. The molecule has 3 nitrogen and oxygen atoms in total. The van der Waals surface area contributed by atoms with Gasteiger partial charge in [-0.25, -0.2) is 0 Å². The van der Waals surface area contributed by atoms with Gasteiger partial charge in [0.2, 0.25) is 0 Å². The number of hydrogen-bond donors (Lipinski definition) is 0. The molecule has 0 aromatic rings. The molecule has 0 radical (unpaired) electrons. The van der Waals surface area contributed by atoms with E-state index >= 15 is 0 Å². The van der Waals surface area contributed by atoms with E-state index in [-0.39, 0.29) is 59.1 Å². The van der Waals surface area contributed by atoms with Crippen molar-refractivity contribution in [2.24, 2.45) is 0 Å². The Labute approximate surface area is 98.7 Å². The topological polar surface area (TPSA) is 63.2 Å². The van der Waals surface area contributed by atoms with Gasteiger partial charge in [-0.2, -0.15) is 0 Å². The summed E-state index contributed by atoms with van der Waals surface area (Å²) in [6, 6.07) is 0. The molecule has 5 heteroatoms. The number of hydrogen-bond acceptors (Lipinski definition) is 3. The van der Waals surface area contributed by atoms with Gasteiger partial charge in [0.1, 0.15) is 0 Å². The summed E-state index contributed by atoms with van der Waals surface area (Å²) in [5.74, 6) is 0. The molecule has 0 saturated heterocycles. The molecule has 0 rings (SSSR count). The molecule has 0 aliphatic rings. The summed E-state index contributed by atoms with van der Waals surface area (Å²) in [5, 5.41) is 16.7. The first-order valence-electron chi connectivity index (χ1n) is 1.60. The molecule has 0 N–H and O–H groups in total. The number of carboxylic acid groups (broad SMARTS) is 2. The van der Waals surface area contributed by atoms with E-state index in [0.29, 0.717) is 0 Å². The van der Waals surface area contributed by atoms with Crippen molar-refractivity contribution in [2.45, 2.75) is 6.92 Å². The second kappa shape index (κ2) is 23.0. The smallest absolute Gasteiger partial charge is 0.652 e. The van der Waals surface area contributed by atoms with Gasteiger partial charge in [-0.15, -0.1) is 6.58 Å². The van der Waals surface area contributed by atoms with Crippen molar-refractivity contribution in [3.05, 3.63) is 12.7 Å². The standard InChI is InChI=1S/C3H6.CH2O3.2Na/c1-3-2;2-1(3)4;;/h3H,1H2,2H3;(H2,2,3,4);;/q;;2*+1/p-2. The molecule has 0 aromatic carbocycles. The van der Waals surface area contributed by atoms with Crippen LogP contribution in [0.5, 0.6) is 0 Å². The molecule has 0 aliphatic heterocycles. The summed E-state index contributed by atoms with van der Waals surface area (Å²) in [5.41, 5.74) is 0. The Bertz CT molecular complexity index is 60.8. The van der Waals surface area contributed by atoms with Crippen LogP contribution in [0.1, 0.15) is 6.92 Å². The van der Waals surface area contributed by atoms with Crippen LogP contribution < -0.4 is 69.3 Å². The summed E-state index contributed by atoms with van der Waals surface area (Å²) in [4.78, 5) is 8.33. The summed E-state index contributed by atoms with van der Waals surface area (Å²) in [6.07, 6.45) is -0.583. The largest absolute Gasteiger partial charge is 1.00 e. The molecule has 0 heterocycles. The van der Waals surface area contributed by atoms with Crippen molar-refractivity contribution in [3.63, 3.8) is 0 Å². The van der Waals surface area contributed by atoms with Gasteiger partial charge in [0.25, 0.3) is 0 Å². The molecule has 42 valence electrons. The zero-order chi connectivity index (χ0) is 6.28. The fraction of sp³-hybridized carbons (Fsp3) is 0.250. The number of rotatable bonds is 0. The Balaban J connectivity index is -0.0000000233. The maximum absolute atomic E-state index is 8.33. The normalized spacial score (nSPS) is 4.11. The van der Waals surface area contributed by atoms with E-state index in [4.69, 9.17) is 15.0 Å². The third kappa shape index (κ3) is 434. The van der Waals surface area contributed by atoms with Crippen molar-refractivity contribution in [1.82, 2.24) is 0 Å². The first kappa shape index (κ1) is 22.5. The van der Waals surface area contributed by atoms with E-state index in [1.165, 1.54) is 0 Å². The van der Waals surface area contributed by atoms with Crippen LogP contribution in [0.3, 0.4) is 0 Å². The van der Waals surface area contributed by atoms with Crippen LogP contribution in [0.2, 0.25) is 0 Å². The van der Waals surface area contributed by atoms with Crippen molar-refractivity contribution >= 4 is 6.16 Å². The van der Waals surface area contributed by atoms with Crippen molar-refractivity contribution in [3.8, 4) is 0 Å². The van der Waals surface area contributed by atoms with Crippen LogP contribution in [0.4, 0.5) is 4.79 Å². The summed E-state index contributed by atoms with van der Waals surface area (Å²) in [6.45, 7) is 5.25. The molecule has 0 saturated carbocycles. The second-order valence-electron chi connectivity index (χ2n) is 0.658. The molecule has 0 bridgehead atoms. The van der Waals surface area contributed by atoms with Gasteiger partial charge in [0.05, 0.1) is 0 Å². The minimum absolute atomic E-state index is 0. The summed E-state index contributed by atoms with van der Waals surface area (Å²) < 4.78 is 0. The molecular formula is C4H6Na2O3. The first-order valence-corrected chi connectivity index (χ1v) is 1.60. The van der Waals surface area contributed by atoms with Crippen LogP contribution >= 0.6 is 0 Å². The summed E-state index contributed by atoms with van der Waals surface area (Å²) in [7, 11) is 0. The monoisotopic (exact) mass is 148 g/mol. The van der Waals surface area contributed by atoms with Crippen molar-refractivity contribution in [1.29, 1.82) is 0 Å². The van der Waals surface area contributed by atoms with Crippen LogP contribution in [-0.4, -0.2) is 6.16 Å². The summed E-state index contributed by atoms with van der Waals surface area (Å²) >= 11 is 0. The zero-order valence-corrected chi connectivity index (χ0v) is 10.0. The number of allylic oxidation sites excluding steroid dienone is 1. The molecule has 0 aliphatic carbocycles. The Morgan fingerprint density at radius 1 is 1.44 bits per heavy atom. The Kier molecular flexibility index (Phi) is 57.6. The Morgan fingerprint density at radius 3 is 1.44 bits per heavy atom. The van der Waals surface area contributed by atoms with Gasteiger partial charge >= 0.3 is 59.1 Å². The fourth-order valence-electron chi connectivity index (χ4n) is 0. The average molecular weight is 148 g/mol. The molecule has 0 atom stereocenters. The van der Waals surface area contributed by atoms with Gasteiger partial charge in [0.15, 0.2) is 0 Å². The third-order valence-corrected chi connectivity index (χ3v) is 0. The minimum atomic E-state index is -2.33. The van der Waals surface area contributed by atoms with Gasteiger partial charge in [-0.3, -0.25) is 0 Å². The molecule has 9 heavy (non-hydrogen) atoms. The van der Waals surface area contributed by atoms with Crippen LogP contribution in [0, 0.1) is 0 Å². The first-order chi connectivity index (χ1) is 3.15. The third-order valence-electron chi connectivity index (χ3n) is 0. The predicted octanol–water partition coefficient (Wildman–Crippen LogP) is -7.25. The van der Waals surface area contributed by atoms with Crippen molar-refractivity contribution < 1.29 is 74.1 Å². The van der Waals surface area contributed by atoms with Gasteiger partial charge in [-0.1, -0.05) is 6.08 Å². The van der Waals surface area contributed by atoms with Crippen molar-refractivity contribution in [2.75, 3.05) is 0 Å². The van der Waals surface area contributed by atoms with E-state index < -0.39 is 6.16 Å². The molecule has 0 amide bonds. The van der Waals surface area contributed by atoms with Crippen LogP contribution in [-0.2, 0) is 0 Å². The zero-order valence-electron chi connectivity index (χ0n) is 6.01. The molecule has 0 fully saturated rings. The molecular weight excluding hydrogens is 142 g/mol. The maximum Gasteiger partial charge on any atom is 1.00 e. The van der Waals surface area contributed by atoms with Gasteiger partial charge < -0.3 is 15.0 Å². The molecule has 0 unspecified atom stereocenters. The van der Waals surface area contributed by atoms with Gasteiger partial charge in [-0.05, 0) is 13.1 Å². The van der Waals surface area contributed by atoms with E-state index in [2.05, 4.69) is 6.58 Å². The Hall–Kier alpha value is 1.01. The van der Waals surface area contributed by atoms with E-state index in [9.17, 15) is 0 Å². The SMILES string of the molecule is C=CC.O=C([O-])[O-].[Na+].[Na+]. The Morgan fingerprint density at radius 2 is 1.44 bits per heavy atom. The fourth-order valence-corrected chi connectivity index (χ4v) is 0. The average Bonchev–Trinajstić information content (AvgIpc) is 1.33. The quantitative estimate of drug-likeness (QED) is 0.253. The minimum Gasteiger partial charge on any atom is -0.652 e. The van der Waals surface area contributed by atoms with E-state index in [0.717, 1.165) is 0 Å². The van der Waals surface area contributed by atoms with Crippen LogP contribution in [0.25, 0.3) is 0 Å². The second-order valence-corrected chi connectivity index (χ2v) is 0.658. The van der Waals surface area contributed by atoms with E-state index in [1.54, 1.807) is 6.08 Å². The van der Waals surface area contributed by atoms with Gasteiger partial charge in [0, 0.05) is 0 Å². The number of carbonyl (C=O) groups is 1. The molecule has 0 spiro atoms. The predicted molar refractivity (Wildman–Crippen MR) is 21.3 cm³/mol. The van der Waals surface area contributed by atoms with E-state index in [1.807, 2.05) is 6.92 Å².